The Morgan fingerprint density at radius 3 is 2.71 bits per heavy atom. The van der Waals surface area contributed by atoms with E-state index < -0.39 is 5.97 Å². The summed E-state index contributed by atoms with van der Waals surface area (Å²) in [5.41, 5.74) is 1.80. The first kappa shape index (κ1) is 9.72. The molecule has 0 saturated carbocycles. The van der Waals surface area contributed by atoms with Crippen molar-refractivity contribution in [3.05, 3.63) is 48.3 Å². The highest BCUT2D eigenvalue weighted by molar-refractivity contribution is 5.98. The van der Waals surface area contributed by atoms with E-state index >= 15 is 0 Å². The van der Waals surface area contributed by atoms with Gasteiger partial charge in [-0.1, -0.05) is 6.07 Å². The molecule has 0 aliphatic heterocycles. The summed E-state index contributed by atoms with van der Waals surface area (Å²) in [6.45, 7) is 0. The van der Waals surface area contributed by atoms with Gasteiger partial charge in [0.25, 0.3) is 0 Å². The normalized spacial score (nSPS) is 10.8. The Labute approximate surface area is 96.6 Å². The summed E-state index contributed by atoms with van der Waals surface area (Å²) in [6, 6.07) is 9.17. The van der Waals surface area contributed by atoms with Gasteiger partial charge in [0, 0.05) is 23.2 Å². The van der Waals surface area contributed by atoms with Crippen LogP contribution in [0.4, 0.5) is 0 Å². The highest BCUT2D eigenvalue weighted by Gasteiger charge is 2.05. The number of hydrogen-bond acceptors (Lipinski definition) is 3. The van der Waals surface area contributed by atoms with Crippen molar-refractivity contribution in [3.8, 4) is 0 Å². The third kappa shape index (κ3) is 1.59. The lowest BCUT2D eigenvalue weighted by molar-refractivity contribution is 0.0696. The van der Waals surface area contributed by atoms with Gasteiger partial charge in [0.15, 0.2) is 0 Å². The van der Waals surface area contributed by atoms with Crippen molar-refractivity contribution in [3.63, 3.8) is 0 Å². The summed E-state index contributed by atoms with van der Waals surface area (Å²) < 4.78 is 0. The van der Waals surface area contributed by atoms with E-state index in [-0.39, 0.29) is 5.56 Å². The third-order valence-corrected chi connectivity index (χ3v) is 2.65. The number of carboxylic acids is 1. The predicted octanol–water partition coefficient (Wildman–Crippen LogP) is 2.48. The zero-order chi connectivity index (χ0) is 11.8. The van der Waals surface area contributed by atoms with Gasteiger partial charge < -0.3 is 5.11 Å². The predicted molar refractivity (Wildman–Crippen MR) is 64.0 cm³/mol. The van der Waals surface area contributed by atoms with Gasteiger partial charge >= 0.3 is 5.97 Å². The van der Waals surface area contributed by atoms with Crippen molar-refractivity contribution in [1.29, 1.82) is 0 Å². The number of hydrogen-bond donors (Lipinski definition) is 1. The molecule has 4 heteroatoms. The molecule has 0 radical (unpaired) electrons. The number of fused-ring (bicyclic) bond motifs is 2. The van der Waals surface area contributed by atoms with Gasteiger partial charge in [0.2, 0.25) is 0 Å². The van der Waals surface area contributed by atoms with Crippen molar-refractivity contribution in [2.45, 2.75) is 0 Å². The zero-order valence-electron chi connectivity index (χ0n) is 8.79. The van der Waals surface area contributed by atoms with E-state index in [0.717, 1.165) is 21.8 Å². The van der Waals surface area contributed by atoms with Gasteiger partial charge in [-0.05, 0) is 24.3 Å². The molecule has 0 fully saturated rings. The number of carboxylic acid groups (broad SMARTS) is 1. The summed E-state index contributed by atoms with van der Waals surface area (Å²) in [6.07, 6.45) is 3.08. The summed E-state index contributed by atoms with van der Waals surface area (Å²) in [5, 5.41) is 10.7. The second kappa shape index (κ2) is 3.52. The second-order valence-corrected chi connectivity index (χ2v) is 3.77. The fourth-order valence-electron chi connectivity index (χ4n) is 1.82. The molecule has 17 heavy (non-hydrogen) atoms. The van der Waals surface area contributed by atoms with Crippen molar-refractivity contribution in [2.75, 3.05) is 0 Å². The van der Waals surface area contributed by atoms with Gasteiger partial charge in [-0.3, -0.25) is 9.97 Å². The molecule has 4 nitrogen and oxygen atoms in total. The van der Waals surface area contributed by atoms with E-state index in [1.807, 2.05) is 24.3 Å². The molecule has 0 atom stereocenters. The fraction of sp³-hybridized carbons (Fsp3) is 0. The van der Waals surface area contributed by atoms with Crippen LogP contribution < -0.4 is 0 Å². The number of aromatic nitrogens is 2. The molecule has 0 saturated heterocycles. The van der Waals surface area contributed by atoms with Crippen LogP contribution in [-0.4, -0.2) is 21.0 Å². The topological polar surface area (TPSA) is 63.1 Å². The molecule has 2 heterocycles. The third-order valence-electron chi connectivity index (χ3n) is 2.65. The average Bonchev–Trinajstić information content (AvgIpc) is 2.35. The van der Waals surface area contributed by atoms with E-state index in [0.29, 0.717) is 0 Å². The van der Waals surface area contributed by atoms with Gasteiger partial charge in [-0.25, -0.2) is 4.79 Å². The van der Waals surface area contributed by atoms with E-state index in [4.69, 9.17) is 5.11 Å². The molecule has 0 bridgehead atoms. The van der Waals surface area contributed by atoms with Crippen molar-refractivity contribution in [2.24, 2.45) is 0 Å². The summed E-state index contributed by atoms with van der Waals surface area (Å²) in [4.78, 5) is 19.2. The maximum absolute atomic E-state index is 10.9. The number of pyridine rings is 2. The van der Waals surface area contributed by atoms with E-state index in [1.54, 1.807) is 12.3 Å². The Balaban J connectivity index is 2.36. The molecule has 1 N–H and O–H groups in total. The van der Waals surface area contributed by atoms with Crippen LogP contribution in [0.3, 0.4) is 0 Å². The Morgan fingerprint density at radius 2 is 1.88 bits per heavy atom. The van der Waals surface area contributed by atoms with Crippen molar-refractivity contribution >= 4 is 27.8 Å². The highest BCUT2D eigenvalue weighted by Crippen LogP contribution is 2.20. The van der Waals surface area contributed by atoms with E-state index in [9.17, 15) is 4.79 Å². The minimum Gasteiger partial charge on any atom is -0.478 e. The van der Waals surface area contributed by atoms with Crippen molar-refractivity contribution in [1.82, 2.24) is 9.97 Å². The Kier molecular flexibility index (Phi) is 2.01. The highest BCUT2D eigenvalue weighted by atomic mass is 16.4. The quantitative estimate of drug-likeness (QED) is 0.645. The lowest BCUT2D eigenvalue weighted by atomic mass is 10.1. The molecule has 3 rings (SSSR count). The maximum Gasteiger partial charge on any atom is 0.337 e. The number of carbonyl (C=O) groups is 1. The van der Waals surface area contributed by atoms with Gasteiger partial charge in [0.1, 0.15) is 0 Å². The molecule has 1 aromatic carbocycles. The maximum atomic E-state index is 10.9. The molecular formula is C13H8N2O2. The molecule has 0 amide bonds. The van der Waals surface area contributed by atoms with Crippen LogP contribution in [0.5, 0.6) is 0 Å². The number of nitrogens with zero attached hydrogens (tertiary/aromatic N) is 2. The minimum absolute atomic E-state index is 0.195. The van der Waals surface area contributed by atoms with Gasteiger partial charge in [0.05, 0.1) is 16.6 Å². The molecule has 2 aromatic heterocycles. The molecule has 82 valence electrons. The van der Waals surface area contributed by atoms with Crippen LogP contribution in [0.15, 0.2) is 42.7 Å². The lowest BCUT2D eigenvalue weighted by Gasteiger charge is -2.01. The summed E-state index contributed by atoms with van der Waals surface area (Å²) >= 11 is 0. The van der Waals surface area contributed by atoms with Crippen LogP contribution in [0, 0.1) is 0 Å². The van der Waals surface area contributed by atoms with Gasteiger partial charge in [-0.15, -0.1) is 0 Å². The monoisotopic (exact) mass is 224 g/mol. The van der Waals surface area contributed by atoms with Gasteiger partial charge in [-0.2, -0.15) is 0 Å². The van der Waals surface area contributed by atoms with E-state index in [1.165, 1.54) is 6.20 Å². The second-order valence-electron chi connectivity index (χ2n) is 3.77. The largest absolute Gasteiger partial charge is 0.478 e. The first-order chi connectivity index (χ1) is 8.24. The first-order valence-corrected chi connectivity index (χ1v) is 5.12. The summed E-state index contributed by atoms with van der Waals surface area (Å²) in [7, 11) is 0. The van der Waals surface area contributed by atoms with Crippen molar-refractivity contribution < 1.29 is 9.90 Å². The SMILES string of the molecule is O=C(O)c1cnc2cc3ncccc3cc2c1. The van der Waals surface area contributed by atoms with E-state index in [2.05, 4.69) is 9.97 Å². The van der Waals surface area contributed by atoms with Crippen LogP contribution in [0.25, 0.3) is 21.8 Å². The first-order valence-electron chi connectivity index (χ1n) is 5.12. The number of aromatic carboxylic acids is 1. The van der Waals surface area contributed by atoms with Crippen LogP contribution >= 0.6 is 0 Å². The molecule has 0 aliphatic carbocycles. The molecule has 0 aliphatic rings. The minimum atomic E-state index is -0.967. The standard InChI is InChI=1S/C13H8N2O2/c16-13(17)10-5-9-4-8-2-1-3-14-11(8)6-12(9)15-7-10/h1-7H,(H,16,17). The van der Waals surface area contributed by atoms with Crippen LogP contribution in [-0.2, 0) is 0 Å². The summed E-state index contributed by atoms with van der Waals surface area (Å²) in [5.74, 6) is -0.967. The Hall–Kier alpha value is -2.49. The molecular weight excluding hydrogens is 216 g/mol. The Morgan fingerprint density at radius 1 is 1.06 bits per heavy atom. The Bertz CT molecular complexity index is 738. The fourth-order valence-corrected chi connectivity index (χ4v) is 1.82. The molecule has 3 aromatic rings. The lowest BCUT2D eigenvalue weighted by Crippen LogP contribution is -1.97. The molecule has 0 spiro atoms. The average molecular weight is 224 g/mol. The number of rotatable bonds is 1. The molecule has 0 unspecified atom stereocenters. The van der Waals surface area contributed by atoms with Crippen LogP contribution in [0.2, 0.25) is 0 Å². The zero-order valence-corrected chi connectivity index (χ0v) is 8.79. The van der Waals surface area contributed by atoms with Crippen LogP contribution in [0.1, 0.15) is 10.4 Å². The smallest absolute Gasteiger partial charge is 0.337 e. The number of benzene rings is 1.